The van der Waals surface area contributed by atoms with Crippen LogP contribution in [0.2, 0.25) is 0 Å². The summed E-state index contributed by atoms with van der Waals surface area (Å²) < 4.78 is 7.46. The van der Waals surface area contributed by atoms with Crippen molar-refractivity contribution in [3.63, 3.8) is 0 Å². The van der Waals surface area contributed by atoms with Crippen LogP contribution in [-0.4, -0.2) is 9.13 Å². The van der Waals surface area contributed by atoms with Crippen LogP contribution in [0.1, 0.15) is 18.2 Å². The van der Waals surface area contributed by atoms with Gasteiger partial charge in [0.25, 0.3) is 0 Å². The number of aromatic nitrogens is 2. The Hall–Kier alpha value is -6.42. The van der Waals surface area contributed by atoms with Gasteiger partial charge in [0.2, 0.25) is 0 Å². The Morgan fingerprint density at radius 2 is 1.19 bits per heavy atom. The van der Waals surface area contributed by atoms with Crippen LogP contribution in [0.25, 0.3) is 98.7 Å². The minimum absolute atomic E-state index is 1.12. The highest BCUT2D eigenvalue weighted by atomic mass is 32.1. The van der Waals surface area contributed by atoms with Crippen LogP contribution < -0.4 is 0 Å². The van der Waals surface area contributed by atoms with Gasteiger partial charge in [-0.15, -0.1) is 11.3 Å². The van der Waals surface area contributed by atoms with Crippen LogP contribution in [0.5, 0.6) is 0 Å². The fourth-order valence-corrected chi connectivity index (χ4v) is 9.36. The van der Waals surface area contributed by atoms with E-state index in [1.54, 1.807) is 0 Å². The molecule has 0 spiro atoms. The normalized spacial score (nSPS) is 11.9. The van der Waals surface area contributed by atoms with E-state index in [1.807, 2.05) is 17.4 Å². The van der Waals surface area contributed by atoms with Crippen molar-refractivity contribution in [2.75, 3.05) is 0 Å². The molecule has 7 aromatic carbocycles. The third kappa shape index (κ3) is 4.56. The third-order valence-corrected chi connectivity index (χ3v) is 11.6. The van der Waals surface area contributed by atoms with Crippen molar-refractivity contribution >= 4 is 76.4 Å². The highest BCUT2D eigenvalue weighted by Crippen LogP contribution is 2.44. The van der Waals surface area contributed by atoms with Crippen LogP contribution in [0.3, 0.4) is 0 Å². The van der Waals surface area contributed by atoms with Crippen molar-refractivity contribution in [2.45, 2.75) is 6.92 Å². The Kier molecular flexibility index (Phi) is 7.09. The van der Waals surface area contributed by atoms with E-state index in [-0.39, 0.29) is 0 Å². The number of para-hydroxylation sites is 1. The van der Waals surface area contributed by atoms with Crippen molar-refractivity contribution in [3.05, 3.63) is 182 Å². The molecular weight excluding hydrogens is 649 g/mol. The van der Waals surface area contributed by atoms with E-state index in [4.69, 9.17) is 0 Å². The summed E-state index contributed by atoms with van der Waals surface area (Å²) in [4.78, 5) is 0. The fourth-order valence-electron chi connectivity index (χ4n) is 8.23. The second-order valence-electron chi connectivity index (χ2n) is 13.3. The lowest BCUT2D eigenvalue weighted by Crippen LogP contribution is -1.97. The largest absolute Gasteiger partial charge is 0.309 e. The van der Waals surface area contributed by atoms with E-state index < -0.39 is 0 Å². The van der Waals surface area contributed by atoms with Gasteiger partial charge in [-0.3, -0.25) is 0 Å². The van der Waals surface area contributed by atoms with Gasteiger partial charge in [0.1, 0.15) is 0 Å². The number of benzene rings is 7. The first-order chi connectivity index (χ1) is 25.7. The van der Waals surface area contributed by atoms with Crippen molar-refractivity contribution in [1.82, 2.24) is 9.13 Å². The number of hydrogen-bond donors (Lipinski definition) is 0. The second kappa shape index (κ2) is 12.1. The standard InChI is InChI=1S/C49H34N2S/c1-3-14-41-37(4-2)48-43(50(41)35-27-25-33(26-28-35)38-21-13-24-46-47(38)40-20-9-11-23-45(40)52-46)29-30-44-49(48)39-19-8-10-22-42(39)51(44)36-18-12-17-34(31-36)32-15-6-5-7-16-32/h3-31H,2H2,1H3/b14-3-. The Morgan fingerprint density at radius 1 is 0.500 bits per heavy atom. The molecule has 10 aromatic rings. The first-order valence-electron chi connectivity index (χ1n) is 17.8. The smallest absolute Gasteiger partial charge is 0.0548 e. The molecule has 0 saturated heterocycles. The molecule has 0 saturated carbocycles. The summed E-state index contributed by atoms with van der Waals surface area (Å²) in [6.07, 6.45) is 6.38. The predicted octanol–water partition coefficient (Wildman–Crippen LogP) is 14.1. The van der Waals surface area contributed by atoms with Gasteiger partial charge in [0.05, 0.1) is 22.2 Å². The summed E-state index contributed by atoms with van der Waals surface area (Å²) in [6.45, 7) is 6.47. The number of allylic oxidation sites excluding steroid dienone is 1. The molecule has 246 valence electrons. The third-order valence-electron chi connectivity index (χ3n) is 10.4. The van der Waals surface area contributed by atoms with Gasteiger partial charge < -0.3 is 9.13 Å². The average molecular weight is 683 g/mol. The van der Waals surface area contributed by atoms with Crippen molar-refractivity contribution in [1.29, 1.82) is 0 Å². The monoisotopic (exact) mass is 682 g/mol. The molecule has 0 amide bonds. The molecule has 0 unspecified atom stereocenters. The Labute approximate surface area is 306 Å². The first kappa shape index (κ1) is 30.4. The molecule has 0 N–H and O–H groups in total. The number of rotatable bonds is 6. The van der Waals surface area contributed by atoms with Crippen LogP contribution in [-0.2, 0) is 0 Å². The molecule has 10 rings (SSSR count). The van der Waals surface area contributed by atoms with E-state index in [0.29, 0.717) is 0 Å². The number of nitrogens with zero attached hydrogens (tertiary/aromatic N) is 2. The van der Waals surface area contributed by atoms with Gasteiger partial charge in [0, 0.05) is 53.3 Å². The topological polar surface area (TPSA) is 9.86 Å². The lowest BCUT2D eigenvalue weighted by molar-refractivity contribution is 1.10. The van der Waals surface area contributed by atoms with Gasteiger partial charge in [0.15, 0.2) is 0 Å². The summed E-state index contributed by atoms with van der Waals surface area (Å²) in [6, 6.07) is 57.4. The summed E-state index contributed by atoms with van der Waals surface area (Å²) >= 11 is 1.86. The molecule has 3 heterocycles. The zero-order valence-corrected chi connectivity index (χ0v) is 29.6. The van der Waals surface area contributed by atoms with Crippen LogP contribution in [0.15, 0.2) is 170 Å². The van der Waals surface area contributed by atoms with Crippen LogP contribution >= 0.6 is 11.3 Å². The van der Waals surface area contributed by atoms with E-state index in [1.165, 1.54) is 69.6 Å². The van der Waals surface area contributed by atoms with Gasteiger partial charge in [-0.05, 0) is 89.9 Å². The summed E-state index contributed by atoms with van der Waals surface area (Å²) in [5.74, 6) is 0. The van der Waals surface area contributed by atoms with Crippen molar-refractivity contribution in [2.24, 2.45) is 0 Å². The molecule has 3 heteroatoms. The zero-order chi connectivity index (χ0) is 34.8. The summed E-state index contributed by atoms with van der Waals surface area (Å²) in [5, 5.41) is 6.34. The Bertz CT molecular complexity index is 3020. The van der Waals surface area contributed by atoms with Crippen molar-refractivity contribution < 1.29 is 0 Å². The molecule has 0 aliphatic carbocycles. The maximum absolute atomic E-state index is 4.38. The molecule has 52 heavy (non-hydrogen) atoms. The maximum Gasteiger partial charge on any atom is 0.0548 e. The van der Waals surface area contributed by atoms with E-state index in [9.17, 15) is 0 Å². The molecule has 0 radical (unpaired) electrons. The molecular formula is C49H34N2S. The lowest BCUT2D eigenvalue weighted by Gasteiger charge is -2.12. The molecule has 0 atom stereocenters. The average Bonchev–Trinajstić information content (AvgIpc) is 3.86. The molecule has 0 aliphatic heterocycles. The van der Waals surface area contributed by atoms with Gasteiger partial charge in [-0.1, -0.05) is 122 Å². The quantitative estimate of drug-likeness (QED) is 0.165. The zero-order valence-electron chi connectivity index (χ0n) is 28.8. The summed E-state index contributed by atoms with van der Waals surface area (Å²) in [5.41, 5.74) is 12.9. The van der Waals surface area contributed by atoms with Gasteiger partial charge >= 0.3 is 0 Å². The van der Waals surface area contributed by atoms with Gasteiger partial charge in [-0.25, -0.2) is 0 Å². The molecule has 2 nitrogen and oxygen atoms in total. The number of thiophene rings is 1. The summed E-state index contributed by atoms with van der Waals surface area (Å²) in [7, 11) is 0. The minimum Gasteiger partial charge on any atom is -0.309 e. The van der Waals surface area contributed by atoms with E-state index in [2.05, 4.69) is 193 Å². The highest BCUT2D eigenvalue weighted by Gasteiger charge is 2.22. The molecule has 0 aliphatic rings. The lowest BCUT2D eigenvalue weighted by atomic mass is 9.99. The number of fused-ring (bicyclic) bond motifs is 8. The predicted molar refractivity (Wildman–Crippen MR) is 226 cm³/mol. The maximum atomic E-state index is 4.38. The highest BCUT2D eigenvalue weighted by molar-refractivity contribution is 7.25. The fraction of sp³-hybridized carbons (Fsp3) is 0.0204. The van der Waals surface area contributed by atoms with E-state index in [0.717, 1.165) is 28.1 Å². The second-order valence-corrected chi connectivity index (χ2v) is 14.4. The molecule has 3 aromatic heterocycles. The molecule has 0 bridgehead atoms. The molecule has 0 fully saturated rings. The minimum atomic E-state index is 1.12. The van der Waals surface area contributed by atoms with Crippen molar-refractivity contribution in [3.8, 4) is 33.6 Å². The SMILES string of the molecule is C=Cc1c(/C=C\C)n(-c2ccc(-c3cccc4sc5ccccc5c34)cc2)c2ccc3c(c4ccccc4n3-c3cccc(-c4ccccc4)c3)c12. The first-order valence-corrected chi connectivity index (χ1v) is 18.6. The number of hydrogen-bond acceptors (Lipinski definition) is 1. The van der Waals surface area contributed by atoms with Gasteiger partial charge in [-0.2, -0.15) is 0 Å². The van der Waals surface area contributed by atoms with Crippen LogP contribution in [0, 0.1) is 0 Å². The Balaban J connectivity index is 1.20. The van der Waals surface area contributed by atoms with E-state index >= 15 is 0 Å². The van der Waals surface area contributed by atoms with Crippen LogP contribution in [0.4, 0.5) is 0 Å². The Morgan fingerprint density at radius 3 is 2.00 bits per heavy atom.